The van der Waals surface area contributed by atoms with Crippen molar-refractivity contribution in [3.05, 3.63) is 29.3 Å². The van der Waals surface area contributed by atoms with Gasteiger partial charge in [-0.2, -0.15) is 0 Å². The Hall–Kier alpha value is -1.07. The van der Waals surface area contributed by atoms with Gasteiger partial charge in [-0.25, -0.2) is 8.42 Å². The molecule has 1 aromatic carbocycles. The number of hydrogen-bond acceptors (Lipinski definition) is 4. The van der Waals surface area contributed by atoms with E-state index in [-0.39, 0.29) is 17.5 Å². The highest BCUT2D eigenvalue weighted by molar-refractivity contribution is 7.91. The van der Waals surface area contributed by atoms with Crippen LogP contribution in [0.15, 0.2) is 18.2 Å². The van der Waals surface area contributed by atoms with Crippen LogP contribution in [0.1, 0.15) is 30.9 Å². The van der Waals surface area contributed by atoms with E-state index in [0.29, 0.717) is 6.54 Å². The topological polar surface area (TPSA) is 49.4 Å². The van der Waals surface area contributed by atoms with Crippen molar-refractivity contribution < 1.29 is 8.42 Å². The van der Waals surface area contributed by atoms with E-state index in [2.05, 4.69) is 35.3 Å². The summed E-state index contributed by atoms with van der Waals surface area (Å²) in [4.78, 5) is 2.23. The first-order chi connectivity index (χ1) is 9.94. The molecule has 1 N–H and O–H groups in total. The third kappa shape index (κ3) is 3.58. The molecule has 0 aromatic heterocycles. The van der Waals surface area contributed by atoms with Crippen LogP contribution in [0.2, 0.25) is 0 Å². The Labute approximate surface area is 127 Å². The molecule has 1 heterocycles. The smallest absolute Gasteiger partial charge is 0.154 e. The molecular formula is C16H24N2O2S. The number of benzene rings is 1. The monoisotopic (exact) mass is 308 g/mol. The molecule has 0 spiro atoms. The normalized spacial score (nSPS) is 25.0. The first kappa shape index (κ1) is 14.9. The molecule has 1 aliphatic carbocycles. The van der Waals surface area contributed by atoms with Gasteiger partial charge in [0.05, 0.1) is 11.5 Å². The van der Waals surface area contributed by atoms with Gasteiger partial charge in [-0.05, 0) is 43.9 Å². The lowest BCUT2D eigenvalue weighted by Crippen LogP contribution is -2.47. The van der Waals surface area contributed by atoms with E-state index in [0.717, 1.165) is 12.6 Å². The molecule has 0 bridgehead atoms. The van der Waals surface area contributed by atoms with Gasteiger partial charge in [-0.3, -0.25) is 0 Å². The minimum absolute atomic E-state index is 0.0536. The molecule has 21 heavy (non-hydrogen) atoms. The van der Waals surface area contributed by atoms with Gasteiger partial charge in [0.25, 0.3) is 0 Å². The Balaban J connectivity index is 1.72. The van der Waals surface area contributed by atoms with Gasteiger partial charge >= 0.3 is 0 Å². The Morgan fingerprint density at radius 3 is 2.71 bits per heavy atom. The number of sulfone groups is 1. The average molecular weight is 308 g/mol. The van der Waals surface area contributed by atoms with Crippen LogP contribution in [-0.2, 0) is 16.4 Å². The Morgan fingerprint density at radius 2 is 2.10 bits per heavy atom. The molecule has 2 aliphatic rings. The molecule has 1 atom stereocenters. The minimum Gasteiger partial charge on any atom is -0.367 e. The number of nitrogens with zero attached hydrogens (tertiary/aromatic N) is 1. The maximum absolute atomic E-state index is 11.7. The van der Waals surface area contributed by atoms with Crippen LogP contribution in [0.4, 0.5) is 5.69 Å². The molecule has 0 radical (unpaired) electrons. The fourth-order valence-electron chi connectivity index (χ4n) is 3.06. The van der Waals surface area contributed by atoms with Crippen molar-refractivity contribution in [3.8, 4) is 0 Å². The zero-order valence-electron chi connectivity index (χ0n) is 12.8. The molecule has 1 unspecified atom stereocenters. The number of anilines is 1. The van der Waals surface area contributed by atoms with E-state index in [1.165, 1.54) is 29.7 Å². The number of nitrogens with one attached hydrogen (secondary N) is 1. The van der Waals surface area contributed by atoms with Crippen LogP contribution in [0, 0.1) is 6.92 Å². The molecule has 1 saturated carbocycles. The summed E-state index contributed by atoms with van der Waals surface area (Å²) >= 11 is 0. The summed E-state index contributed by atoms with van der Waals surface area (Å²) in [6, 6.07) is 7.30. The summed E-state index contributed by atoms with van der Waals surface area (Å²) in [5, 5.41) is 3.53. The maximum atomic E-state index is 11.7. The van der Waals surface area contributed by atoms with Gasteiger partial charge in [-0.1, -0.05) is 12.1 Å². The van der Waals surface area contributed by atoms with Gasteiger partial charge in [0.15, 0.2) is 9.84 Å². The lowest BCUT2D eigenvalue weighted by Gasteiger charge is -2.36. The van der Waals surface area contributed by atoms with E-state index >= 15 is 0 Å². The zero-order chi connectivity index (χ0) is 15.0. The largest absolute Gasteiger partial charge is 0.367 e. The summed E-state index contributed by atoms with van der Waals surface area (Å²) < 4.78 is 23.4. The molecule has 3 rings (SSSR count). The lowest BCUT2D eigenvalue weighted by molar-refractivity contribution is 0.568. The zero-order valence-corrected chi connectivity index (χ0v) is 13.6. The second-order valence-corrected chi connectivity index (χ2v) is 8.66. The van der Waals surface area contributed by atoms with Gasteiger partial charge in [0.2, 0.25) is 0 Å². The quantitative estimate of drug-likeness (QED) is 0.922. The second kappa shape index (κ2) is 5.61. The second-order valence-electron chi connectivity index (χ2n) is 6.43. The van der Waals surface area contributed by atoms with Gasteiger partial charge < -0.3 is 10.2 Å². The van der Waals surface area contributed by atoms with Crippen molar-refractivity contribution in [2.75, 3.05) is 23.0 Å². The van der Waals surface area contributed by atoms with Crippen LogP contribution in [0.5, 0.6) is 0 Å². The summed E-state index contributed by atoms with van der Waals surface area (Å²) in [7, 11) is -2.86. The van der Waals surface area contributed by atoms with Crippen LogP contribution < -0.4 is 10.2 Å². The molecule has 5 heteroatoms. The SMILES string of the molecule is Cc1cc(CNC2CC2)ccc1N1CCS(=O)(=O)CC1C. The highest BCUT2D eigenvalue weighted by Gasteiger charge is 2.29. The van der Waals surface area contributed by atoms with Gasteiger partial charge in [-0.15, -0.1) is 0 Å². The van der Waals surface area contributed by atoms with Gasteiger partial charge in [0, 0.05) is 30.9 Å². The summed E-state index contributed by atoms with van der Waals surface area (Å²) in [6.45, 7) is 5.64. The summed E-state index contributed by atoms with van der Waals surface area (Å²) in [6.07, 6.45) is 2.60. The van der Waals surface area contributed by atoms with E-state index in [4.69, 9.17) is 0 Å². The van der Waals surface area contributed by atoms with Crippen LogP contribution >= 0.6 is 0 Å². The lowest BCUT2D eigenvalue weighted by atomic mass is 10.1. The predicted molar refractivity (Wildman–Crippen MR) is 86.5 cm³/mol. The molecule has 4 nitrogen and oxygen atoms in total. The van der Waals surface area contributed by atoms with Gasteiger partial charge in [0.1, 0.15) is 0 Å². The van der Waals surface area contributed by atoms with Crippen LogP contribution in [-0.4, -0.2) is 38.6 Å². The van der Waals surface area contributed by atoms with Crippen molar-refractivity contribution in [1.29, 1.82) is 0 Å². The van der Waals surface area contributed by atoms with E-state index in [1.807, 2.05) is 6.92 Å². The van der Waals surface area contributed by atoms with Crippen molar-refractivity contribution in [2.45, 2.75) is 45.3 Å². The molecule has 1 saturated heterocycles. The molecule has 0 amide bonds. The van der Waals surface area contributed by atoms with Crippen LogP contribution in [0.25, 0.3) is 0 Å². The molecule has 1 aliphatic heterocycles. The van der Waals surface area contributed by atoms with Crippen molar-refractivity contribution in [3.63, 3.8) is 0 Å². The van der Waals surface area contributed by atoms with Crippen molar-refractivity contribution in [1.82, 2.24) is 5.32 Å². The van der Waals surface area contributed by atoms with Crippen molar-refractivity contribution >= 4 is 15.5 Å². The Morgan fingerprint density at radius 1 is 1.33 bits per heavy atom. The van der Waals surface area contributed by atoms with Crippen molar-refractivity contribution in [2.24, 2.45) is 0 Å². The summed E-state index contributed by atoms with van der Waals surface area (Å²) in [5.74, 6) is 0.527. The first-order valence-corrected chi connectivity index (χ1v) is 9.57. The first-order valence-electron chi connectivity index (χ1n) is 7.74. The molecule has 1 aromatic rings. The predicted octanol–water partition coefficient (Wildman–Crippen LogP) is 1.87. The summed E-state index contributed by atoms with van der Waals surface area (Å²) in [5.41, 5.74) is 3.71. The Bertz CT molecular complexity index is 623. The standard InChI is InChI=1S/C16H24N2O2S/c1-12-9-14(10-17-15-4-5-15)3-6-16(12)18-7-8-21(19,20)11-13(18)2/h3,6,9,13,15,17H,4-5,7-8,10-11H2,1-2H3. The molecular weight excluding hydrogens is 284 g/mol. The third-order valence-electron chi connectivity index (χ3n) is 4.41. The van der Waals surface area contributed by atoms with E-state index < -0.39 is 9.84 Å². The maximum Gasteiger partial charge on any atom is 0.154 e. The Kier molecular flexibility index (Phi) is 3.97. The highest BCUT2D eigenvalue weighted by atomic mass is 32.2. The molecule has 2 fully saturated rings. The fourth-order valence-corrected chi connectivity index (χ4v) is 4.61. The number of aryl methyl sites for hydroxylation is 1. The average Bonchev–Trinajstić information content (AvgIpc) is 3.21. The van der Waals surface area contributed by atoms with Crippen LogP contribution in [0.3, 0.4) is 0 Å². The third-order valence-corrected chi connectivity index (χ3v) is 6.21. The van der Waals surface area contributed by atoms with E-state index in [1.54, 1.807) is 0 Å². The highest BCUT2D eigenvalue weighted by Crippen LogP contribution is 2.26. The molecule has 116 valence electrons. The fraction of sp³-hybridized carbons (Fsp3) is 0.625. The van der Waals surface area contributed by atoms with E-state index in [9.17, 15) is 8.42 Å². The number of rotatable bonds is 4. The number of hydrogen-bond donors (Lipinski definition) is 1. The minimum atomic E-state index is -2.86.